The highest BCUT2D eigenvalue weighted by Gasteiger charge is 2.33. The molecule has 0 unspecified atom stereocenters. The molecule has 0 spiro atoms. The number of nitrogens with zero attached hydrogens (tertiary/aromatic N) is 4. The van der Waals surface area contributed by atoms with Crippen molar-refractivity contribution in [3.05, 3.63) is 218 Å². The van der Waals surface area contributed by atoms with Crippen LogP contribution >= 0.6 is 0 Å². The summed E-state index contributed by atoms with van der Waals surface area (Å²) < 4.78 is 2.47. The van der Waals surface area contributed by atoms with Gasteiger partial charge < -0.3 is 4.57 Å². The summed E-state index contributed by atoms with van der Waals surface area (Å²) in [6.07, 6.45) is 0. The highest BCUT2D eigenvalue weighted by atomic mass is 15.3. The molecule has 1 aliphatic rings. The molecule has 4 nitrogen and oxygen atoms in total. The fraction of sp³-hybridized carbons (Fsp3) is 0. The van der Waals surface area contributed by atoms with Crippen LogP contribution in [0.25, 0.3) is 94.2 Å². The van der Waals surface area contributed by atoms with E-state index in [1.54, 1.807) is 0 Å². The molecule has 0 saturated heterocycles. The highest BCUT2D eigenvalue weighted by Crippen LogP contribution is 2.55. The Labute approximate surface area is 347 Å². The van der Waals surface area contributed by atoms with E-state index in [4.69, 9.17) is 9.97 Å². The Hall–Kier alpha value is -8.08. The van der Waals surface area contributed by atoms with Gasteiger partial charge in [-0.1, -0.05) is 188 Å². The van der Waals surface area contributed by atoms with Crippen LogP contribution in [0.2, 0.25) is 0 Å². The van der Waals surface area contributed by atoms with Gasteiger partial charge in [0.1, 0.15) is 0 Å². The smallest absolute Gasteiger partial charge is 0.235 e. The van der Waals surface area contributed by atoms with E-state index >= 15 is 0 Å². The van der Waals surface area contributed by atoms with Crippen molar-refractivity contribution in [3.8, 4) is 61.6 Å². The standard InChI is InChI=1S/C56H36N4/c1-3-17-38(18-4-1)44-28-16-29-48-52-46-25-10-13-31-50(46)60(51-32-14-11-26-47(51)55(52)59(54(44)48)41-21-5-2-6-22-41)56-57-49-30-12-9-24-45(49)53(58-56)40-35-33-39(34-36-40)43-27-15-20-37-19-7-8-23-42(37)43/h1-36H. The highest BCUT2D eigenvalue weighted by molar-refractivity contribution is 6.15. The van der Waals surface area contributed by atoms with E-state index in [1.807, 2.05) is 0 Å². The van der Waals surface area contributed by atoms with E-state index in [9.17, 15) is 0 Å². The van der Waals surface area contributed by atoms with Gasteiger partial charge in [-0.15, -0.1) is 0 Å². The molecule has 3 heterocycles. The number of hydrogen-bond acceptors (Lipinski definition) is 3. The zero-order chi connectivity index (χ0) is 39.6. The number of benzene rings is 9. The minimum atomic E-state index is 0.618. The molecular weight excluding hydrogens is 729 g/mol. The lowest BCUT2D eigenvalue weighted by molar-refractivity contribution is 1.11. The molecule has 9 aromatic carbocycles. The molecule has 60 heavy (non-hydrogen) atoms. The van der Waals surface area contributed by atoms with Gasteiger partial charge in [-0.2, -0.15) is 0 Å². The molecule has 4 heteroatoms. The maximum Gasteiger partial charge on any atom is 0.235 e. The van der Waals surface area contributed by atoms with Crippen LogP contribution in [-0.2, 0) is 0 Å². The Morgan fingerprint density at radius 3 is 1.72 bits per heavy atom. The first-order valence-electron chi connectivity index (χ1n) is 20.4. The van der Waals surface area contributed by atoms with Gasteiger partial charge in [-0.3, -0.25) is 4.90 Å². The fourth-order valence-electron chi connectivity index (χ4n) is 9.31. The molecule has 2 aromatic heterocycles. The minimum absolute atomic E-state index is 0.618. The first kappa shape index (κ1) is 34.0. The zero-order valence-electron chi connectivity index (χ0n) is 32.6. The Morgan fingerprint density at radius 2 is 0.900 bits per heavy atom. The molecule has 0 radical (unpaired) electrons. The van der Waals surface area contributed by atoms with Crippen molar-refractivity contribution >= 4 is 49.9 Å². The van der Waals surface area contributed by atoms with Crippen LogP contribution in [0.3, 0.4) is 0 Å². The SMILES string of the molecule is c1ccc(-c2cccc3c4c(n(-c5ccccc5)c23)-c2ccccc2N(c2nc(-c3ccc(-c5cccc6ccccc56)cc3)c3ccccc3n2)c2ccccc2-4)cc1. The molecule has 0 aliphatic carbocycles. The molecule has 0 fully saturated rings. The number of para-hydroxylation sites is 5. The van der Waals surface area contributed by atoms with Gasteiger partial charge >= 0.3 is 0 Å². The van der Waals surface area contributed by atoms with E-state index in [2.05, 4.69) is 228 Å². The van der Waals surface area contributed by atoms with E-state index in [1.165, 1.54) is 49.5 Å². The second-order valence-electron chi connectivity index (χ2n) is 15.3. The van der Waals surface area contributed by atoms with Crippen LogP contribution in [0.5, 0.6) is 0 Å². The Balaban J connectivity index is 1.11. The van der Waals surface area contributed by atoms with Gasteiger partial charge in [0.05, 0.1) is 33.8 Å². The maximum absolute atomic E-state index is 5.54. The van der Waals surface area contributed by atoms with Crippen LogP contribution in [0.15, 0.2) is 218 Å². The summed E-state index contributed by atoms with van der Waals surface area (Å²) in [4.78, 5) is 13.2. The number of hydrogen-bond donors (Lipinski definition) is 0. The van der Waals surface area contributed by atoms with Gasteiger partial charge in [0.25, 0.3) is 0 Å². The van der Waals surface area contributed by atoms with Crippen molar-refractivity contribution < 1.29 is 0 Å². The fourth-order valence-corrected chi connectivity index (χ4v) is 9.31. The second-order valence-corrected chi connectivity index (χ2v) is 15.3. The normalized spacial score (nSPS) is 12.0. The van der Waals surface area contributed by atoms with Gasteiger partial charge in [-0.05, 0) is 57.8 Å². The number of fused-ring (bicyclic) bond motifs is 9. The van der Waals surface area contributed by atoms with Crippen LogP contribution < -0.4 is 4.90 Å². The number of anilines is 3. The number of rotatable bonds is 5. The average molecular weight is 765 g/mol. The maximum atomic E-state index is 5.54. The summed E-state index contributed by atoms with van der Waals surface area (Å²) in [7, 11) is 0. The number of aromatic nitrogens is 3. The van der Waals surface area contributed by atoms with Crippen LogP contribution in [-0.4, -0.2) is 14.5 Å². The summed E-state index contributed by atoms with van der Waals surface area (Å²) in [5.41, 5.74) is 16.4. The Bertz CT molecular complexity index is 3420. The van der Waals surface area contributed by atoms with Gasteiger partial charge in [0, 0.05) is 44.3 Å². The third kappa shape index (κ3) is 5.32. The predicted molar refractivity (Wildman–Crippen MR) is 249 cm³/mol. The molecule has 0 N–H and O–H groups in total. The average Bonchev–Trinajstić information content (AvgIpc) is 3.61. The summed E-state index contributed by atoms with van der Waals surface area (Å²) in [6.45, 7) is 0. The van der Waals surface area contributed by atoms with E-state index in [-0.39, 0.29) is 0 Å². The lowest BCUT2D eigenvalue weighted by atomic mass is 9.96. The first-order chi connectivity index (χ1) is 29.8. The Morgan fingerprint density at radius 1 is 0.350 bits per heavy atom. The first-order valence-corrected chi connectivity index (χ1v) is 20.4. The van der Waals surface area contributed by atoms with Gasteiger partial charge in [0.2, 0.25) is 5.95 Å². The lowest BCUT2D eigenvalue weighted by Crippen LogP contribution is -2.15. The second kappa shape index (κ2) is 13.8. The third-order valence-electron chi connectivity index (χ3n) is 12.0. The molecule has 0 atom stereocenters. The van der Waals surface area contributed by atoms with E-state index < -0.39 is 0 Å². The van der Waals surface area contributed by atoms with Crippen molar-refractivity contribution in [2.75, 3.05) is 4.90 Å². The molecule has 280 valence electrons. The molecule has 11 aromatic rings. The van der Waals surface area contributed by atoms with Crippen LogP contribution in [0, 0.1) is 0 Å². The van der Waals surface area contributed by atoms with Crippen LogP contribution in [0.1, 0.15) is 0 Å². The van der Waals surface area contributed by atoms with E-state index in [0.29, 0.717) is 5.95 Å². The zero-order valence-corrected chi connectivity index (χ0v) is 32.6. The monoisotopic (exact) mass is 764 g/mol. The van der Waals surface area contributed by atoms with Gasteiger partial charge in [-0.25, -0.2) is 9.97 Å². The minimum Gasteiger partial charge on any atom is -0.308 e. The Kier molecular flexibility index (Phi) is 7.82. The molecule has 0 saturated carbocycles. The predicted octanol–water partition coefficient (Wildman–Crippen LogP) is 14.8. The van der Waals surface area contributed by atoms with Crippen LogP contribution in [0.4, 0.5) is 17.3 Å². The van der Waals surface area contributed by atoms with Crippen molar-refractivity contribution in [1.82, 2.24) is 14.5 Å². The third-order valence-corrected chi connectivity index (χ3v) is 12.0. The van der Waals surface area contributed by atoms with Gasteiger partial charge in [0.15, 0.2) is 0 Å². The summed E-state index contributed by atoms with van der Waals surface area (Å²) in [5.74, 6) is 0.618. The van der Waals surface area contributed by atoms with Crippen molar-refractivity contribution in [2.24, 2.45) is 0 Å². The quantitative estimate of drug-likeness (QED) is 0.175. The summed E-state index contributed by atoms with van der Waals surface area (Å²) in [6, 6.07) is 78.0. The van der Waals surface area contributed by atoms with E-state index in [0.717, 1.165) is 56.0 Å². The molecule has 12 rings (SSSR count). The lowest BCUT2D eigenvalue weighted by Gasteiger charge is -2.26. The summed E-state index contributed by atoms with van der Waals surface area (Å²) in [5, 5.41) is 4.67. The van der Waals surface area contributed by atoms with Crippen molar-refractivity contribution in [2.45, 2.75) is 0 Å². The molecule has 0 bridgehead atoms. The molecule has 0 amide bonds. The molecule has 1 aliphatic heterocycles. The molecular formula is C56H36N4. The topological polar surface area (TPSA) is 34.0 Å². The summed E-state index contributed by atoms with van der Waals surface area (Å²) >= 11 is 0. The van der Waals surface area contributed by atoms with Crippen molar-refractivity contribution in [3.63, 3.8) is 0 Å². The largest absolute Gasteiger partial charge is 0.308 e. The van der Waals surface area contributed by atoms with Crippen molar-refractivity contribution in [1.29, 1.82) is 0 Å².